The maximum Gasteiger partial charge on any atom is 0.196 e. The highest BCUT2D eigenvalue weighted by atomic mass is 35.5. The summed E-state index contributed by atoms with van der Waals surface area (Å²) in [4.78, 5) is 12.7. The molecule has 0 N–H and O–H groups in total. The molecule has 104 valence electrons. The van der Waals surface area contributed by atoms with Crippen molar-refractivity contribution in [2.24, 2.45) is 0 Å². The van der Waals surface area contributed by atoms with Crippen molar-refractivity contribution in [3.8, 4) is 5.75 Å². The Hall–Kier alpha value is -1.51. The molecule has 0 aromatic heterocycles. The van der Waals surface area contributed by atoms with Crippen LogP contribution in [0.2, 0.25) is 10.0 Å². The first-order valence-electron chi connectivity index (χ1n) is 6.09. The van der Waals surface area contributed by atoms with Crippen molar-refractivity contribution in [1.29, 1.82) is 0 Å². The Labute approximate surface area is 128 Å². The molecule has 0 radical (unpaired) electrons. The molecule has 0 aliphatic carbocycles. The van der Waals surface area contributed by atoms with Gasteiger partial charge in [0.1, 0.15) is 5.75 Å². The zero-order chi connectivity index (χ0) is 14.9. The summed E-state index contributed by atoms with van der Waals surface area (Å²) in [7, 11) is 1.61. The monoisotopic (exact) mass is 308 g/mol. The van der Waals surface area contributed by atoms with Gasteiger partial charge in [-0.3, -0.25) is 4.79 Å². The van der Waals surface area contributed by atoms with Crippen molar-refractivity contribution in [3.05, 3.63) is 62.6 Å². The van der Waals surface area contributed by atoms with Crippen molar-refractivity contribution < 1.29 is 9.53 Å². The van der Waals surface area contributed by atoms with Crippen LogP contribution in [0.3, 0.4) is 0 Å². The molecule has 0 heterocycles. The molecule has 0 spiro atoms. The Kier molecular flexibility index (Phi) is 4.36. The molecule has 2 aromatic rings. The van der Waals surface area contributed by atoms with Crippen LogP contribution in [0.25, 0.3) is 0 Å². The Morgan fingerprint density at radius 1 is 1.05 bits per heavy atom. The molecule has 0 aliphatic rings. The molecule has 4 heteroatoms. The van der Waals surface area contributed by atoms with Gasteiger partial charge < -0.3 is 4.74 Å². The summed E-state index contributed by atoms with van der Waals surface area (Å²) in [5, 5.41) is 0.714. The van der Waals surface area contributed by atoms with Gasteiger partial charge >= 0.3 is 0 Å². The van der Waals surface area contributed by atoms with Gasteiger partial charge in [0, 0.05) is 5.56 Å². The smallest absolute Gasteiger partial charge is 0.196 e. The summed E-state index contributed by atoms with van der Waals surface area (Å²) >= 11 is 12.2. The van der Waals surface area contributed by atoms with E-state index in [0.29, 0.717) is 21.2 Å². The van der Waals surface area contributed by atoms with E-state index in [9.17, 15) is 4.79 Å². The van der Waals surface area contributed by atoms with Crippen molar-refractivity contribution in [2.75, 3.05) is 7.11 Å². The molecule has 0 fully saturated rings. The Balaban J connectivity index is 2.57. The van der Waals surface area contributed by atoms with Crippen LogP contribution in [-0.2, 0) is 0 Å². The van der Waals surface area contributed by atoms with Crippen LogP contribution in [0.1, 0.15) is 27.0 Å². The predicted molar refractivity (Wildman–Crippen MR) is 82.4 cm³/mol. The van der Waals surface area contributed by atoms with Crippen LogP contribution in [0.4, 0.5) is 0 Å². The van der Waals surface area contributed by atoms with Crippen LogP contribution < -0.4 is 4.74 Å². The number of aryl methyl sites for hydroxylation is 2. The van der Waals surface area contributed by atoms with Gasteiger partial charge in [0.05, 0.1) is 22.7 Å². The third-order valence-corrected chi connectivity index (χ3v) is 3.81. The van der Waals surface area contributed by atoms with E-state index in [0.717, 1.165) is 16.9 Å². The molecule has 0 bridgehead atoms. The van der Waals surface area contributed by atoms with E-state index in [1.807, 2.05) is 19.9 Å². The third-order valence-electron chi connectivity index (χ3n) is 3.18. The molecular formula is C16H14Cl2O2. The van der Waals surface area contributed by atoms with E-state index in [2.05, 4.69) is 0 Å². The van der Waals surface area contributed by atoms with Crippen LogP contribution >= 0.6 is 23.2 Å². The van der Waals surface area contributed by atoms with Crippen molar-refractivity contribution >= 4 is 29.0 Å². The second-order valence-corrected chi connectivity index (χ2v) is 5.38. The minimum absolute atomic E-state index is 0.177. The fourth-order valence-corrected chi connectivity index (χ4v) is 2.67. The normalized spacial score (nSPS) is 10.4. The molecule has 2 aromatic carbocycles. The molecule has 0 atom stereocenters. The summed E-state index contributed by atoms with van der Waals surface area (Å²) in [5.74, 6) is 0.577. The molecule has 0 aliphatic heterocycles. The zero-order valence-electron chi connectivity index (χ0n) is 11.5. The van der Waals surface area contributed by atoms with Crippen LogP contribution in [-0.4, -0.2) is 12.9 Å². The van der Waals surface area contributed by atoms with Crippen LogP contribution in [0.5, 0.6) is 5.75 Å². The number of ketones is 1. The molecule has 2 rings (SSSR count). The lowest BCUT2D eigenvalue weighted by atomic mass is 9.96. The second-order valence-electron chi connectivity index (χ2n) is 4.56. The highest BCUT2D eigenvalue weighted by Crippen LogP contribution is 2.30. The largest absolute Gasteiger partial charge is 0.496 e. The number of halogens is 2. The molecule has 0 amide bonds. The van der Waals surface area contributed by atoms with Gasteiger partial charge in [0.25, 0.3) is 0 Å². The van der Waals surface area contributed by atoms with Gasteiger partial charge in [-0.2, -0.15) is 0 Å². The Morgan fingerprint density at radius 2 is 1.65 bits per heavy atom. The topological polar surface area (TPSA) is 26.3 Å². The molecule has 0 saturated heterocycles. The lowest BCUT2D eigenvalue weighted by Gasteiger charge is -2.12. The number of hydrogen-bond acceptors (Lipinski definition) is 2. The summed E-state index contributed by atoms with van der Waals surface area (Å²) in [5.41, 5.74) is 2.64. The van der Waals surface area contributed by atoms with E-state index >= 15 is 0 Å². The van der Waals surface area contributed by atoms with Gasteiger partial charge in [-0.15, -0.1) is 0 Å². The van der Waals surface area contributed by atoms with E-state index < -0.39 is 0 Å². The fourth-order valence-electron chi connectivity index (χ4n) is 2.10. The lowest BCUT2D eigenvalue weighted by molar-refractivity contribution is 0.103. The average Bonchev–Trinajstić information content (AvgIpc) is 2.40. The molecule has 0 unspecified atom stereocenters. The predicted octanol–water partition coefficient (Wildman–Crippen LogP) is 4.85. The Bertz CT molecular complexity index is 658. The van der Waals surface area contributed by atoms with E-state index in [-0.39, 0.29) is 5.78 Å². The van der Waals surface area contributed by atoms with Gasteiger partial charge in [0.15, 0.2) is 5.78 Å². The number of benzene rings is 2. The molecule has 0 saturated carbocycles. The van der Waals surface area contributed by atoms with Crippen LogP contribution in [0, 0.1) is 13.8 Å². The van der Waals surface area contributed by atoms with Gasteiger partial charge in [-0.05, 0) is 49.2 Å². The molecule has 2 nitrogen and oxygen atoms in total. The quantitative estimate of drug-likeness (QED) is 0.758. The number of carbonyl (C=O) groups is 1. The van der Waals surface area contributed by atoms with Gasteiger partial charge in [-0.1, -0.05) is 29.3 Å². The number of hydrogen-bond donors (Lipinski definition) is 0. The highest BCUT2D eigenvalue weighted by Gasteiger charge is 2.19. The molecule has 20 heavy (non-hydrogen) atoms. The maximum absolute atomic E-state index is 12.7. The first-order chi connectivity index (χ1) is 9.45. The van der Waals surface area contributed by atoms with Crippen molar-refractivity contribution in [2.45, 2.75) is 13.8 Å². The minimum Gasteiger partial charge on any atom is -0.496 e. The number of carbonyl (C=O) groups excluding carboxylic acids is 1. The number of rotatable bonds is 3. The summed E-state index contributed by atoms with van der Waals surface area (Å²) in [6, 6.07) is 8.68. The number of ether oxygens (including phenoxy) is 1. The van der Waals surface area contributed by atoms with Crippen molar-refractivity contribution in [3.63, 3.8) is 0 Å². The van der Waals surface area contributed by atoms with Gasteiger partial charge in [-0.25, -0.2) is 0 Å². The SMILES string of the molecule is COc1cc(C)c(C(=O)c2c(Cl)cccc2Cl)cc1C. The third kappa shape index (κ3) is 2.67. The summed E-state index contributed by atoms with van der Waals surface area (Å²) in [6.07, 6.45) is 0. The molecular weight excluding hydrogens is 295 g/mol. The average molecular weight is 309 g/mol. The van der Waals surface area contributed by atoms with E-state index in [1.165, 1.54) is 0 Å². The summed E-state index contributed by atoms with van der Waals surface area (Å²) < 4.78 is 5.25. The first-order valence-corrected chi connectivity index (χ1v) is 6.85. The fraction of sp³-hybridized carbons (Fsp3) is 0.188. The van der Waals surface area contributed by atoms with Gasteiger partial charge in [0.2, 0.25) is 0 Å². The van der Waals surface area contributed by atoms with E-state index in [4.69, 9.17) is 27.9 Å². The number of methoxy groups -OCH3 is 1. The Morgan fingerprint density at radius 3 is 2.20 bits per heavy atom. The summed E-state index contributed by atoms with van der Waals surface area (Å²) in [6.45, 7) is 3.75. The minimum atomic E-state index is -0.177. The van der Waals surface area contributed by atoms with E-state index in [1.54, 1.807) is 31.4 Å². The second kappa shape index (κ2) is 5.86. The zero-order valence-corrected chi connectivity index (χ0v) is 13.0. The first kappa shape index (κ1) is 14.9. The van der Waals surface area contributed by atoms with Crippen LogP contribution in [0.15, 0.2) is 30.3 Å². The van der Waals surface area contributed by atoms with Crippen molar-refractivity contribution in [1.82, 2.24) is 0 Å². The lowest BCUT2D eigenvalue weighted by Crippen LogP contribution is -2.06. The maximum atomic E-state index is 12.7. The highest BCUT2D eigenvalue weighted by molar-refractivity contribution is 6.41. The standard InChI is InChI=1S/C16H14Cl2O2/c1-9-8-14(20-3)10(2)7-11(9)16(19)15-12(17)5-4-6-13(15)18/h4-8H,1-3H3.